The molecule has 0 bridgehead atoms. The molecule has 0 radical (unpaired) electrons. The van der Waals surface area contributed by atoms with Crippen molar-refractivity contribution < 1.29 is 14.4 Å². The Morgan fingerprint density at radius 1 is 1.06 bits per heavy atom. The zero-order valence-corrected chi connectivity index (χ0v) is 19.4. The molecule has 158 valence electrons. The number of thiocarbonyl (C=S) groups is 1. The lowest BCUT2D eigenvalue weighted by molar-refractivity contribution is -0.124. The maximum Gasteiger partial charge on any atom is 0.270 e. The molecule has 2 N–H and O–H groups in total. The Kier molecular flexibility index (Phi) is 8.16. The highest BCUT2D eigenvalue weighted by atomic mass is 79.9. The molecule has 2 aromatic rings. The molecule has 3 rings (SSSR count). The summed E-state index contributed by atoms with van der Waals surface area (Å²) in [6.07, 6.45) is 5.40. The van der Waals surface area contributed by atoms with Crippen LogP contribution in [-0.4, -0.2) is 33.5 Å². The molecule has 31 heavy (non-hydrogen) atoms. The summed E-state index contributed by atoms with van der Waals surface area (Å²) >= 11 is 9.75. The highest BCUT2D eigenvalue weighted by Crippen LogP contribution is 2.31. The summed E-state index contributed by atoms with van der Waals surface area (Å²) in [5.74, 6) is -1.11. The summed E-state index contributed by atoms with van der Waals surface area (Å²) in [6.45, 7) is 0.126. The second-order valence-electron chi connectivity index (χ2n) is 6.36. The van der Waals surface area contributed by atoms with Crippen LogP contribution in [0.2, 0.25) is 0 Å². The highest BCUT2D eigenvalue weighted by Gasteiger charge is 2.31. The zero-order valence-electron chi connectivity index (χ0n) is 16.2. The summed E-state index contributed by atoms with van der Waals surface area (Å²) in [6, 6.07) is 16.6. The van der Waals surface area contributed by atoms with E-state index in [1.54, 1.807) is 36.4 Å². The van der Waals surface area contributed by atoms with E-state index in [0.29, 0.717) is 19.3 Å². The minimum Gasteiger partial charge on any atom is -0.292 e. The third kappa shape index (κ3) is 6.36. The average molecular weight is 516 g/mol. The molecule has 0 atom stereocenters. The van der Waals surface area contributed by atoms with E-state index < -0.39 is 11.8 Å². The van der Waals surface area contributed by atoms with Gasteiger partial charge in [-0.1, -0.05) is 78.6 Å². The maximum absolute atomic E-state index is 12.6. The lowest BCUT2D eigenvalue weighted by Crippen LogP contribution is -2.43. The molecule has 0 aromatic heterocycles. The molecule has 6 nitrogen and oxygen atoms in total. The number of carbonyl (C=O) groups is 3. The molecule has 0 unspecified atom stereocenters. The van der Waals surface area contributed by atoms with Gasteiger partial charge in [0, 0.05) is 17.4 Å². The first kappa shape index (κ1) is 22.9. The Morgan fingerprint density at radius 3 is 2.52 bits per heavy atom. The third-order valence-electron chi connectivity index (χ3n) is 4.21. The molecule has 1 aliphatic heterocycles. The Morgan fingerprint density at radius 2 is 1.77 bits per heavy atom. The number of carbonyl (C=O) groups excluding carboxylic acids is 3. The van der Waals surface area contributed by atoms with Gasteiger partial charge in [-0.25, -0.2) is 0 Å². The number of nitrogens with one attached hydrogen (secondary N) is 2. The predicted molar refractivity (Wildman–Crippen MR) is 130 cm³/mol. The standard InChI is InChI=1S/C22H18BrN3O3S2/c23-17-11-5-4-10-16(17)20(28)25-24-19(27)13-14-26-21(29)18(31-22(26)30)12-6-9-15-7-2-1-3-8-15/h1-12H,13-14H2,(H,24,27)(H,25,28). The second kappa shape index (κ2) is 11.0. The molecule has 9 heteroatoms. The van der Waals surface area contributed by atoms with Crippen molar-refractivity contribution in [2.75, 3.05) is 6.54 Å². The van der Waals surface area contributed by atoms with Gasteiger partial charge in [0.2, 0.25) is 5.91 Å². The first-order chi connectivity index (χ1) is 15.0. The van der Waals surface area contributed by atoms with Crippen molar-refractivity contribution >= 4 is 68.0 Å². The molecule has 1 aliphatic rings. The van der Waals surface area contributed by atoms with Crippen LogP contribution in [0.25, 0.3) is 6.08 Å². The fourth-order valence-corrected chi connectivity index (χ4v) is 4.36. The van der Waals surface area contributed by atoms with Gasteiger partial charge in [0.05, 0.1) is 10.5 Å². The van der Waals surface area contributed by atoms with E-state index in [1.807, 2.05) is 36.4 Å². The van der Waals surface area contributed by atoms with Crippen molar-refractivity contribution in [2.45, 2.75) is 6.42 Å². The number of hydrogen-bond acceptors (Lipinski definition) is 5. The van der Waals surface area contributed by atoms with Crippen molar-refractivity contribution in [1.82, 2.24) is 15.8 Å². The van der Waals surface area contributed by atoms with E-state index in [0.717, 1.165) is 5.56 Å². The van der Waals surface area contributed by atoms with Gasteiger partial charge in [0.1, 0.15) is 4.32 Å². The quantitative estimate of drug-likeness (QED) is 0.344. The highest BCUT2D eigenvalue weighted by molar-refractivity contribution is 9.10. The van der Waals surface area contributed by atoms with Crippen molar-refractivity contribution in [1.29, 1.82) is 0 Å². The van der Waals surface area contributed by atoms with Crippen molar-refractivity contribution in [3.63, 3.8) is 0 Å². The number of hydrazine groups is 1. The third-order valence-corrected chi connectivity index (χ3v) is 6.29. The van der Waals surface area contributed by atoms with E-state index in [2.05, 4.69) is 26.8 Å². The predicted octanol–water partition coefficient (Wildman–Crippen LogP) is 4.06. The minimum absolute atomic E-state index is 0.00415. The molecule has 0 spiro atoms. The van der Waals surface area contributed by atoms with Gasteiger partial charge in [-0.15, -0.1) is 0 Å². The molecular formula is C22H18BrN3O3S2. The first-order valence-electron chi connectivity index (χ1n) is 9.26. The maximum atomic E-state index is 12.6. The largest absolute Gasteiger partial charge is 0.292 e. The number of halogens is 1. The normalized spacial score (nSPS) is 15.0. The average Bonchev–Trinajstić information content (AvgIpc) is 3.04. The van der Waals surface area contributed by atoms with Gasteiger partial charge in [-0.2, -0.15) is 0 Å². The van der Waals surface area contributed by atoms with Crippen molar-refractivity contribution in [2.24, 2.45) is 0 Å². The minimum atomic E-state index is -0.445. The van der Waals surface area contributed by atoms with Gasteiger partial charge in [-0.3, -0.25) is 30.1 Å². The molecule has 1 saturated heterocycles. The van der Waals surface area contributed by atoms with E-state index in [4.69, 9.17) is 12.2 Å². The number of benzene rings is 2. The van der Waals surface area contributed by atoms with Crippen molar-refractivity contribution in [3.8, 4) is 0 Å². The number of nitrogens with zero attached hydrogens (tertiary/aromatic N) is 1. The van der Waals surface area contributed by atoms with E-state index in [1.165, 1.54) is 16.7 Å². The topological polar surface area (TPSA) is 78.5 Å². The summed E-state index contributed by atoms with van der Waals surface area (Å²) in [7, 11) is 0. The molecule has 2 aromatic carbocycles. The van der Waals surface area contributed by atoms with Crippen LogP contribution in [-0.2, 0) is 9.59 Å². The zero-order chi connectivity index (χ0) is 22.2. The van der Waals surface area contributed by atoms with Crippen LogP contribution in [0.3, 0.4) is 0 Å². The van der Waals surface area contributed by atoms with Gasteiger partial charge in [-0.05, 0) is 39.7 Å². The lowest BCUT2D eigenvalue weighted by atomic mass is 10.2. The fraction of sp³-hybridized carbons (Fsp3) is 0.0909. The van der Waals surface area contributed by atoms with E-state index in [-0.39, 0.29) is 18.9 Å². The van der Waals surface area contributed by atoms with Gasteiger partial charge in [0.25, 0.3) is 11.8 Å². The number of allylic oxidation sites excluding steroid dienone is 2. The van der Waals surface area contributed by atoms with Crippen LogP contribution in [0.5, 0.6) is 0 Å². The number of amides is 3. The Balaban J connectivity index is 1.49. The molecule has 1 fully saturated rings. The molecule has 3 amide bonds. The van der Waals surface area contributed by atoms with E-state index in [9.17, 15) is 14.4 Å². The second-order valence-corrected chi connectivity index (χ2v) is 8.89. The fourth-order valence-electron chi connectivity index (χ4n) is 2.63. The molecular weight excluding hydrogens is 498 g/mol. The summed E-state index contributed by atoms with van der Waals surface area (Å²) in [5, 5.41) is 0. The number of thioether (sulfide) groups is 1. The summed E-state index contributed by atoms with van der Waals surface area (Å²) < 4.78 is 1.02. The van der Waals surface area contributed by atoms with Crippen LogP contribution in [0, 0.1) is 0 Å². The Bertz CT molecular complexity index is 1070. The van der Waals surface area contributed by atoms with Crippen LogP contribution in [0.1, 0.15) is 22.3 Å². The first-order valence-corrected chi connectivity index (χ1v) is 11.3. The van der Waals surface area contributed by atoms with E-state index >= 15 is 0 Å². The monoisotopic (exact) mass is 515 g/mol. The van der Waals surface area contributed by atoms with Crippen LogP contribution in [0.15, 0.2) is 76.1 Å². The Hall–Kier alpha value is -2.75. The molecule has 0 saturated carbocycles. The van der Waals surface area contributed by atoms with Crippen LogP contribution >= 0.6 is 39.9 Å². The lowest BCUT2D eigenvalue weighted by Gasteiger charge is -2.14. The van der Waals surface area contributed by atoms with Crippen LogP contribution in [0.4, 0.5) is 0 Å². The van der Waals surface area contributed by atoms with Crippen LogP contribution < -0.4 is 10.9 Å². The summed E-state index contributed by atoms with van der Waals surface area (Å²) in [5.41, 5.74) is 6.13. The smallest absolute Gasteiger partial charge is 0.270 e. The van der Waals surface area contributed by atoms with Gasteiger partial charge < -0.3 is 0 Å². The number of hydrogen-bond donors (Lipinski definition) is 2. The Labute approximate surface area is 197 Å². The van der Waals surface area contributed by atoms with Gasteiger partial charge in [0.15, 0.2) is 0 Å². The molecule has 0 aliphatic carbocycles. The van der Waals surface area contributed by atoms with Gasteiger partial charge >= 0.3 is 0 Å². The summed E-state index contributed by atoms with van der Waals surface area (Å²) in [4.78, 5) is 38.7. The molecule has 1 heterocycles. The number of rotatable bonds is 6. The van der Waals surface area contributed by atoms with Crippen molar-refractivity contribution in [3.05, 3.63) is 87.3 Å². The SMILES string of the molecule is O=C(CCN1C(=O)C(=CC=Cc2ccccc2)SC1=S)NNC(=O)c1ccccc1Br.